The highest BCUT2D eigenvalue weighted by molar-refractivity contribution is 5.90. The molecule has 0 saturated carbocycles. The Morgan fingerprint density at radius 2 is 2.40 bits per heavy atom. The van der Waals surface area contributed by atoms with Gasteiger partial charge in [-0.25, -0.2) is 4.98 Å². The topological polar surface area (TPSA) is 90.9 Å². The van der Waals surface area contributed by atoms with E-state index >= 15 is 0 Å². The molecular formula is C9H16N4O2. The fraction of sp³-hybridized carbons (Fsp3) is 0.667. The summed E-state index contributed by atoms with van der Waals surface area (Å²) in [5.74, 6) is -0.0756. The quantitative estimate of drug-likeness (QED) is 0.638. The number of nitrogens with one attached hydrogen (secondary N) is 2. The summed E-state index contributed by atoms with van der Waals surface area (Å²) in [6, 6.07) is 0. The number of hydrogen-bond donors (Lipinski definition) is 3. The van der Waals surface area contributed by atoms with E-state index in [1.54, 1.807) is 0 Å². The Morgan fingerprint density at radius 1 is 1.67 bits per heavy atom. The third-order valence-electron chi connectivity index (χ3n) is 2.15. The van der Waals surface area contributed by atoms with Crippen LogP contribution in [0.15, 0.2) is 6.33 Å². The Kier molecular flexibility index (Phi) is 3.79. The predicted molar refractivity (Wildman–Crippen MR) is 54.2 cm³/mol. The maximum absolute atomic E-state index is 11.4. The molecule has 0 aromatic carbocycles. The molecule has 0 aliphatic rings. The Labute approximate surface area is 88.1 Å². The normalized spacial score (nSPS) is 11.4. The average molecular weight is 212 g/mol. The molecule has 0 radical (unpaired) electrons. The van der Waals surface area contributed by atoms with Crippen LogP contribution in [0, 0.1) is 5.41 Å². The average Bonchev–Trinajstić information content (AvgIpc) is 2.67. The highest BCUT2D eigenvalue weighted by Crippen LogP contribution is 2.17. The molecule has 6 nitrogen and oxygen atoms in total. The van der Waals surface area contributed by atoms with Gasteiger partial charge in [-0.2, -0.15) is 5.10 Å². The van der Waals surface area contributed by atoms with Crippen LogP contribution < -0.4 is 5.32 Å². The van der Waals surface area contributed by atoms with Gasteiger partial charge in [0.25, 0.3) is 5.91 Å². The summed E-state index contributed by atoms with van der Waals surface area (Å²) in [6.45, 7) is 4.56. The highest BCUT2D eigenvalue weighted by atomic mass is 16.3. The zero-order chi connectivity index (χ0) is 11.3. The van der Waals surface area contributed by atoms with Gasteiger partial charge < -0.3 is 10.4 Å². The van der Waals surface area contributed by atoms with Gasteiger partial charge in [0.1, 0.15) is 6.33 Å². The molecule has 0 spiro atoms. The number of nitrogens with zero attached hydrogens (tertiary/aromatic N) is 2. The van der Waals surface area contributed by atoms with Crippen LogP contribution >= 0.6 is 0 Å². The molecule has 1 rings (SSSR count). The van der Waals surface area contributed by atoms with Gasteiger partial charge in [0.05, 0.1) is 0 Å². The number of aliphatic hydroxyl groups excluding tert-OH is 1. The molecule has 1 aromatic heterocycles. The number of hydrogen-bond acceptors (Lipinski definition) is 4. The summed E-state index contributed by atoms with van der Waals surface area (Å²) in [5.41, 5.74) is -0.121. The van der Waals surface area contributed by atoms with Crippen molar-refractivity contribution in [1.82, 2.24) is 20.5 Å². The van der Waals surface area contributed by atoms with Crippen LogP contribution in [-0.2, 0) is 0 Å². The second kappa shape index (κ2) is 4.88. The van der Waals surface area contributed by atoms with Crippen molar-refractivity contribution in [3.05, 3.63) is 12.2 Å². The number of carbonyl (C=O) groups excluding carboxylic acids is 1. The molecule has 0 fully saturated rings. The van der Waals surface area contributed by atoms with Gasteiger partial charge in [0.2, 0.25) is 5.82 Å². The monoisotopic (exact) mass is 212 g/mol. The van der Waals surface area contributed by atoms with Crippen LogP contribution in [0.3, 0.4) is 0 Å². The molecule has 1 amide bonds. The lowest BCUT2D eigenvalue weighted by Crippen LogP contribution is -2.35. The largest absolute Gasteiger partial charge is 0.396 e. The summed E-state index contributed by atoms with van der Waals surface area (Å²) in [4.78, 5) is 15.2. The van der Waals surface area contributed by atoms with Gasteiger partial charge in [0, 0.05) is 13.2 Å². The second-order valence-corrected chi connectivity index (χ2v) is 4.15. The van der Waals surface area contributed by atoms with E-state index in [-0.39, 0.29) is 23.8 Å². The van der Waals surface area contributed by atoms with Crippen LogP contribution in [0.25, 0.3) is 0 Å². The van der Waals surface area contributed by atoms with Crippen molar-refractivity contribution in [3.63, 3.8) is 0 Å². The molecule has 0 aliphatic heterocycles. The lowest BCUT2D eigenvalue weighted by Gasteiger charge is -2.23. The lowest BCUT2D eigenvalue weighted by molar-refractivity contribution is 0.0918. The minimum atomic E-state index is -0.279. The molecule has 1 aromatic rings. The third kappa shape index (κ3) is 3.67. The van der Waals surface area contributed by atoms with E-state index in [0.29, 0.717) is 13.0 Å². The van der Waals surface area contributed by atoms with Crippen LogP contribution in [0.1, 0.15) is 30.9 Å². The number of aliphatic hydroxyl groups is 1. The van der Waals surface area contributed by atoms with E-state index in [9.17, 15) is 4.79 Å². The first-order valence-electron chi connectivity index (χ1n) is 4.79. The van der Waals surface area contributed by atoms with Crippen molar-refractivity contribution in [2.45, 2.75) is 20.3 Å². The summed E-state index contributed by atoms with van der Waals surface area (Å²) in [7, 11) is 0. The number of aromatic amines is 1. The minimum Gasteiger partial charge on any atom is -0.396 e. The van der Waals surface area contributed by atoms with Crippen molar-refractivity contribution < 1.29 is 9.90 Å². The molecule has 84 valence electrons. The Morgan fingerprint density at radius 3 is 2.93 bits per heavy atom. The molecule has 0 atom stereocenters. The van der Waals surface area contributed by atoms with Gasteiger partial charge in [-0.3, -0.25) is 9.89 Å². The van der Waals surface area contributed by atoms with E-state index in [0.717, 1.165) is 0 Å². The predicted octanol–water partition coefficient (Wildman–Crippen LogP) is -0.0569. The Hall–Kier alpha value is -1.43. The fourth-order valence-corrected chi connectivity index (χ4v) is 1.11. The smallest absolute Gasteiger partial charge is 0.288 e. The highest BCUT2D eigenvalue weighted by Gasteiger charge is 2.19. The number of rotatable bonds is 5. The van der Waals surface area contributed by atoms with Crippen molar-refractivity contribution in [1.29, 1.82) is 0 Å². The fourth-order valence-electron chi connectivity index (χ4n) is 1.11. The molecule has 6 heteroatoms. The molecule has 0 bridgehead atoms. The van der Waals surface area contributed by atoms with Crippen molar-refractivity contribution in [3.8, 4) is 0 Å². The Bertz CT molecular complexity index is 308. The van der Waals surface area contributed by atoms with Gasteiger partial charge >= 0.3 is 0 Å². The first-order valence-corrected chi connectivity index (χ1v) is 4.79. The maximum atomic E-state index is 11.4. The summed E-state index contributed by atoms with van der Waals surface area (Å²) in [5, 5.41) is 17.6. The van der Waals surface area contributed by atoms with Crippen molar-refractivity contribution in [2.75, 3.05) is 13.2 Å². The van der Waals surface area contributed by atoms with E-state index < -0.39 is 0 Å². The molecule has 3 N–H and O–H groups in total. The second-order valence-electron chi connectivity index (χ2n) is 4.15. The molecule has 15 heavy (non-hydrogen) atoms. The summed E-state index contributed by atoms with van der Waals surface area (Å²) in [6.07, 6.45) is 1.93. The molecule has 0 unspecified atom stereocenters. The number of H-pyrrole nitrogens is 1. The lowest BCUT2D eigenvalue weighted by atomic mass is 9.90. The Balaban J connectivity index is 2.40. The number of carbonyl (C=O) groups is 1. The first kappa shape index (κ1) is 11.6. The van der Waals surface area contributed by atoms with Crippen molar-refractivity contribution in [2.24, 2.45) is 5.41 Å². The van der Waals surface area contributed by atoms with Crippen LogP contribution in [0.5, 0.6) is 0 Å². The molecule has 0 saturated heterocycles. The van der Waals surface area contributed by atoms with E-state index in [1.165, 1.54) is 6.33 Å². The van der Waals surface area contributed by atoms with Gasteiger partial charge in [-0.15, -0.1) is 0 Å². The minimum absolute atomic E-state index is 0.116. The summed E-state index contributed by atoms with van der Waals surface area (Å²) < 4.78 is 0. The molecular weight excluding hydrogens is 196 g/mol. The standard InChI is InChI=1S/C9H16N4O2/c1-9(2,3-4-14)5-10-8(15)7-11-6-12-13-7/h6,14H,3-5H2,1-2H3,(H,10,15)(H,11,12,13). The van der Waals surface area contributed by atoms with Crippen molar-refractivity contribution >= 4 is 5.91 Å². The van der Waals surface area contributed by atoms with E-state index in [4.69, 9.17) is 5.11 Å². The zero-order valence-electron chi connectivity index (χ0n) is 8.95. The van der Waals surface area contributed by atoms with Gasteiger partial charge in [0.15, 0.2) is 0 Å². The SMILES string of the molecule is CC(C)(CCO)CNC(=O)c1ncn[nH]1. The number of amides is 1. The zero-order valence-corrected chi connectivity index (χ0v) is 8.95. The summed E-state index contributed by atoms with van der Waals surface area (Å²) >= 11 is 0. The third-order valence-corrected chi connectivity index (χ3v) is 2.15. The van der Waals surface area contributed by atoms with E-state index in [1.807, 2.05) is 13.8 Å². The first-order chi connectivity index (χ1) is 7.05. The van der Waals surface area contributed by atoms with Crippen LogP contribution in [0.4, 0.5) is 0 Å². The molecule has 1 heterocycles. The van der Waals surface area contributed by atoms with Gasteiger partial charge in [-0.1, -0.05) is 13.8 Å². The number of aromatic nitrogens is 3. The maximum Gasteiger partial charge on any atom is 0.288 e. The van der Waals surface area contributed by atoms with E-state index in [2.05, 4.69) is 20.5 Å². The van der Waals surface area contributed by atoms with Crippen LogP contribution in [0.2, 0.25) is 0 Å². The van der Waals surface area contributed by atoms with Gasteiger partial charge in [-0.05, 0) is 11.8 Å². The van der Waals surface area contributed by atoms with Crippen LogP contribution in [-0.4, -0.2) is 39.3 Å². The molecule has 0 aliphatic carbocycles.